The molecule has 2 heterocycles. The van der Waals surface area contributed by atoms with E-state index in [0.717, 1.165) is 58.0 Å². The highest BCUT2D eigenvalue weighted by molar-refractivity contribution is 7.80. The minimum absolute atomic E-state index is 0.0413. The lowest BCUT2D eigenvalue weighted by Gasteiger charge is -2.34. The molecule has 0 bridgehead atoms. The van der Waals surface area contributed by atoms with E-state index >= 15 is 0 Å². The van der Waals surface area contributed by atoms with Gasteiger partial charge in [0.15, 0.2) is 5.11 Å². The zero-order chi connectivity index (χ0) is 18.2. The van der Waals surface area contributed by atoms with Crippen LogP contribution in [0.25, 0.3) is 10.2 Å². The maximum atomic E-state index is 5.62. The van der Waals surface area contributed by atoms with Crippen LogP contribution >= 0.6 is 23.6 Å². The lowest BCUT2D eigenvalue weighted by Crippen LogP contribution is -2.48. The molecule has 1 aliphatic rings. The zero-order valence-corrected chi connectivity index (χ0v) is 17.2. The highest BCUT2D eigenvalue weighted by Gasteiger charge is 2.21. The number of thiazole rings is 1. The average molecular weight is 379 g/mol. The van der Waals surface area contributed by atoms with Crippen molar-refractivity contribution in [1.29, 1.82) is 0 Å². The summed E-state index contributed by atoms with van der Waals surface area (Å²) in [6, 6.07) is 4.10. The van der Waals surface area contributed by atoms with Crippen molar-refractivity contribution in [1.82, 2.24) is 14.8 Å². The third kappa shape index (κ3) is 4.04. The average Bonchev–Trinajstić information content (AvgIpc) is 2.97. The number of methoxy groups -OCH3 is 1. The molecule has 1 fully saturated rings. The van der Waals surface area contributed by atoms with Gasteiger partial charge in [-0.1, -0.05) is 20.8 Å². The second-order valence-electron chi connectivity index (χ2n) is 7.51. The van der Waals surface area contributed by atoms with Gasteiger partial charge in [-0.3, -0.25) is 0 Å². The van der Waals surface area contributed by atoms with Crippen LogP contribution in [0.1, 0.15) is 25.8 Å². The highest BCUT2D eigenvalue weighted by Crippen LogP contribution is 2.36. The molecule has 0 saturated carbocycles. The lowest BCUT2D eigenvalue weighted by molar-refractivity contribution is 0.217. The quantitative estimate of drug-likeness (QED) is 0.806. The van der Waals surface area contributed by atoms with Gasteiger partial charge in [0.2, 0.25) is 0 Å². The second kappa shape index (κ2) is 7.05. The molecule has 1 aliphatic heterocycles. The molecule has 5 nitrogen and oxygen atoms in total. The molecule has 1 aromatic heterocycles. The first-order valence-corrected chi connectivity index (χ1v) is 9.74. The molecule has 1 aromatic carbocycles. The third-order valence-electron chi connectivity index (χ3n) is 4.38. The van der Waals surface area contributed by atoms with Gasteiger partial charge in [0.1, 0.15) is 5.75 Å². The largest absolute Gasteiger partial charge is 0.494 e. The molecule has 0 atom stereocenters. The summed E-state index contributed by atoms with van der Waals surface area (Å²) in [7, 11) is 3.82. The molecular weight excluding hydrogens is 352 g/mol. The topological polar surface area (TPSA) is 40.6 Å². The Kier molecular flexibility index (Phi) is 5.18. The molecule has 0 spiro atoms. The molecule has 0 amide bonds. The first kappa shape index (κ1) is 18.4. The van der Waals surface area contributed by atoms with Crippen molar-refractivity contribution in [3.05, 3.63) is 17.1 Å². The monoisotopic (exact) mass is 378 g/mol. The number of anilines is 1. The Bertz CT molecular complexity index is 773. The summed E-state index contributed by atoms with van der Waals surface area (Å²) in [6.45, 7) is 10.5. The van der Waals surface area contributed by atoms with E-state index in [1.807, 2.05) is 6.07 Å². The molecular formula is C18H26N4OS2. The van der Waals surface area contributed by atoms with Gasteiger partial charge in [-0.05, 0) is 25.3 Å². The van der Waals surface area contributed by atoms with Crippen molar-refractivity contribution in [3.8, 4) is 5.75 Å². The van der Waals surface area contributed by atoms with Crippen LogP contribution in [0.2, 0.25) is 0 Å². The minimum Gasteiger partial charge on any atom is -0.494 e. The van der Waals surface area contributed by atoms with Crippen LogP contribution in [0, 0.1) is 0 Å². The minimum atomic E-state index is 0.0413. The first-order valence-electron chi connectivity index (χ1n) is 8.51. The molecule has 0 unspecified atom stereocenters. The number of benzene rings is 1. The van der Waals surface area contributed by atoms with Crippen molar-refractivity contribution in [3.63, 3.8) is 0 Å². The fraction of sp³-hybridized carbons (Fsp3) is 0.556. The van der Waals surface area contributed by atoms with Gasteiger partial charge in [-0.25, -0.2) is 4.98 Å². The van der Waals surface area contributed by atoms with E-state index in [2.05, 4.69) is 49.0 Å². The maximum Gasteiger partial charge on any atom is 0.173 e. The molecule has 0 radical (unpaired) electrons. The van der Waals surface area contributed by atoms with Crippen molar-refractivity contribution in [2.45, 2.75) is 26.2 Å². The Balaban J connectivity index is 1.86. The van der Waals surface area contributed by atoms with E-state index < -0.39 is 0 Å². The van der Waals surface area contributed by atoms with Gasteiger partial charge in [-0.2, -0.15) is 0 Å². The predicted molar refractivity (Wildman–Crippen MR) is 110 cm³/mol. The molecule has 7 heteroatoms. The van der Waals surface area contributed by atoms with Crippen LogP contribution in [0.3, 0.4) is 0 Å². The Morgan fingerprint density at radius 2 is 1.92 bits per heavy atom. The van der Waals surface area contributed by atoms with Crippen LogP contribution in [0.5, 0.6) is 5.75 Å². The number of hydrogen-bond donors (Lipinski definition) is 1. The number of nitrogens with one attached hydrogen (secondary N) is 1. The fourth-order valence-corrected chi connectivity index (χ4v) is 4.08. The van der Waals surface area contributed by atoms with Crippen molar-refractivity contribution < 1.29 is 4.74 Å². The predicted octanol–water partition coefficient (Wildman–Crippen LogP) is 3.55. The smallest absolute Gasteiger partial charge is 0.173 e. The number of hydrogen-bond acceptors (Lipinski definition) is 5. The van der Waals surface area contributed by atoms with E-state index in [1.165, 1.54) is 0 Å². The number of nitrogens with zero attached hydrogens (tertiary/aromatic N) is 3. The molecule has 1 saturated heterocycles. The second-order valence-corrected chi connectivity index (χ2v) is 8.93. The van der Waals surface area contributed by atoms with Crippen LogP contribution < -0.4 is 10.1 Å². The van der Waals surface area contributed by atoms with E-state index in [-0.39, 0.29) is 5.41 Å². The number of likely N-dealkylation sites (N-methyl/N-ethyl adjacent to an activating group) is 1. The number of piperazine rings is 1. The van der Waals surface area contributed by atoms with Crippen LogP contribution in [-0.2, 0) is 5.41 Å². The van der Waals surface area contributed by atoms with Crippen molar-refractivity contribution in [2.24, 2.45) is 0 Å². The number of thiocarbonyl (C=S) groups is 1. The third-order valence-corrected chi connectivity index (χ3v) is 6.19. The SMILES string of the molecule is COc1cc2nc(C(C)(C)C)sc2cc1NC(=S)N1CCN(C)CC1. The Morgan fingerprint density at radius 1 is 1.24 bits per heavy atom. The van der Waals surface area contributed by atoms with Gasteiger partial charge in [0, 0.05) is 37.7 Å². The molecule has 3 rings (SSSR count). The van der Waals surface area contributed by atoms with Gasteiger partial charge in [-0.15, -0.1) is 11.3 Å². The van der Waals surface area contributed by atoms with Gasteiger partial charge in [0.05, 0.1) is 28.0 Å². The summed E-state index contributed by atoms with van der Waals surface area (Å²) in [5.74, 6) is 0.773. The normalized spacial score (nSPS) is 16.3. The zero-order valence-electron chi connectivity index (χ0n) is 15.5. The molecule has 0 aliphatic carbocycles. The van der Waals surface area contributed by atoms with E-state index in [1.54, 1.807) is 18.4 Å². The molecule has 2 aromatic rings. The standard InChI is InChI=1S/C18H26N4OS2/c1-18(2,3)16-19-13-10-14(23-5)12(11-15(13)25-16)20-17(24)22-8-6-21(4)7-9-22/h10-11H,6-9H2,1-5H3,(H,20,24). The van der Waals surface area contributed by atoms with Gasteiger partial charge >= 0.3 is 0 Å². The summed E-state index contributed by atoms with van der Waals surface area (Å²) >= 11 is 7.35. The van der Waals surface area contributed by atoms with E-state index in [0.29, 0.717) is 0 Å². The Hall–Kier alpha value is -1.44. The highest BCUT2D eigenvalue weighted by atomic mass is 32.1. The van der Waals surface area contributed by atoms with Gasteiger partial charge in [0.25, 0.3) is 0 Å². The summed E-state index contributed by atoms with van der Waals surface area (Å²) in [5, 5.41) is 5.26. The van der Waals surface area contributed by atoms with Gasteiger partial charge < -0.3 is 19.9 Å². The molecule has 25 heavy (non-hydrogen) atoms. The Morgan fingerprint density at radius 3 is 2.52 bits per heavy atom. The summed E-state index contributed by atoms with van der Waals surface area (Å²) < 4.78 is 6.72. The number of rotatable bonds is 2. The summed E-state index contributed by atoms with van der Waals surface area (Å²) in [4.78, 5) is 9.30. The number of ether oxygens (including phenoxy) is 1. The number of aromatic nitrogens is 1. The van der Waals surface area contributed by atoms with E-state index in [9.17, 15) is 0 Å². The van der Waals surface area contributed by atoms with Crippen LogP contribution in [0.4, 0.5) is 5.69 Å². The van der Waals surface area contributed by atoms with E-state index in [4.69, 9.17) is 21.9 Å². The van der Waals surface area contributed by atoms with Crippen LogP contribution in [-0.4, -0.2) is 60.2 Å². The summed E-state index contributed by atoms with van der Waals surface area (Å²) in [6.07, 6.45) is 0. The van der Waals surface area contributed by atoms with Crippen LogP contribution in [0.15, 0.2) is 12.1 Å². The maximum absolute atomic E-state index is 5.62. The lowest BCUT2D eigenvalue weighted by atomic mass is 9.98. The van der Waals surface area contributed by atoms with Crippen molar-refractivity contribution >= 4 is 44.6 Å². The Labute approximate surface area is 159 Å². The molecule has 1 N–H and O–H groups in total. The fourth-order valence-electron chi connectivity index (χ4n) is 2.75. The number of fused-ring (bicyclic) bond motifs is 1. The van der Waals surface area contributed by atoms with Crippen molar-refractivity contribution in [2.75, 3.05) is 45.7 Å². The molecule has 136 valence electrons. The first-order chi connectivity index (χ1) is 11.8. The summed E-state index contributed by atoms with van der Waals surface area (Å²) in [5.41, 5.74) is 1.92.